The number of hydrogen-bond donors (Lipinski definition) is 0. The number of benzene rings is 1. The Morgan fingerprint density at radius 2 is 1.86 bits per heavy atom. The SMILES string of the molecule is COc1ccc(C(=O)COC(=O)c2ccc(Cl)nc2)cc1Cl. The molecule has 2 aromatic rings. The maximum Gasteiger partial charge on any atom is 0.340 e. The number of Topliss-reactive ketones (excluding diaryl/α,β-unsaturated/α-hetero) is 1. The summed E-state index contributed by atoms with van der Waals surface area (Å²) in [6.07, 6.45) is 1.28. The molecule has 7 heteroatoms. The van der Waals surface area contributed by atoms with E-state index in [0.29, 0.717) is 16.3 Å². The Bertz CT molecular complexity index is 701. The molecule has 0 radical (unpaired) electrons. The van der Waals surface area contributed by atoms with Crippen LogP contribution in [0.2, 0.25) is 10.2 Å². The molecule has 5 nitrogen and oxygen atoms in total. The van der Waals surface area contributed by atoms with Gasteiger partial charge in [-0.1, -0.05) is 23.2 Å². The molecule has 0 saturated heterocycles. The highest BCUT2D eigenvalue weighted by Gasteiger charge is 2.13. The lowest BCUT2D eigenvalue weighted by molar-refractivity contribution is 0.0474. The predicted octanol–water partition coefficient (Wildman–Crippen LogP) is 3.44. The van der Waals surface area contributed by atoms with Crippen LogP contribution >= 0.6 is 23.2 Å². The summed E-state index contributed by atoms with van der Waals surface area (Å²) in [5, 5.41) is 0.571. The lowest BCUT2D eigenvalue weighted by Gasteiger charge is -2.06. The van der Waals surface area contributed by atoms with Crippen molar-refractivity contribution in [3.05, 3.63) is 57.8 Å². The van der Waals surface area contributed by atoms with Crippen LogP contribution in [-0.2, 0) is 4.74 Å². The van der Waals surface area contributed by atoms with Gasteiger partial charge in [0.15, 0.2) is 12.4 Å². The van der Waals surface area contributed by atoms with Crippen molar-refractivity contribution in [2.75, 3.05) is 13.7 Å². The molecule has 0 fully saturated rings. The molecule has 1 aromatic carbocycles. The van der Waals surface area contributed by atoms with E-state index < -0.39 is 12.6 Å². The number of ketones is 1. The van der Waals surface area contributed by atoms with Gasteiger partial charge >= 0.3 is 5.97 Å². The van der Waals surface area contributed by atoms with Crippen molar-refractivity contribution in [1.82, 2.24) is 4.98 Å². The Labute approximate surface area is 136 Å². The van der Waals surface area contributed by atoms with Gasteiger partial charge in [-0.15, -0.1) is 0 Å². The van der Waals surface area contributed by atoms with E-state index in [2.05, 4.69) is 4.98 Å². The van der Waals surface area contributed by atoms with Crippen LogP contribution in [0.4, 0.5) is 0 Å². The van der Waals surface area contributed by atoms with Gasteiger partial charge in [0, 0.05) is 11.8 Å². The first-order chi connectivity index (χ1) is 10.5. The zero-order valence-electron chi connectivity index (χ0n) is 11.5. The minimum atomic E-state index is -0.655. The van der Waals surface area contributed by atoms with Crippen molar-refractivity contribution in [1.29, 1.82) is 0 Å². The fourth-order valence-corrected chi connectivity index (χ4v) is 2.00. The average Bonchev–Trinajstić information content (AvgIpc) is 2.52. The molecule has 0 amide bonds. The van der Waals surface area contributed by atoms with Gasteiger partial charge in [-0.25, -0.2) is 9.78 Å². The van der Waals surface area contributed by atoms with E-state index in [1.54, 1.807) is 12.1 Å². The van der Waals surface area contributed by atoms with Crippen molar-refractivity contribution in [2.45, 2.75) is 0 Å². The largest absolute Gasteiger partial charge is 0.495 e. The number of ether oxygens (including phenoxy) is 2. The Hall–Kier alpha value is -2.11. The van der Waals surface area contributed by atoms with E-state index in [9.17, 15) is 9.59 Å². The van der Waals surface area contributed by atoms with E-state index in [0.717, 1.165) is 0 Å². The lowest BCUT2D eigenvalue weighted by atomic mass is 10.1. The van der Waals surface area contributed by atoms with E-state index in [-0.39, 0.29) is 16.5 Å². The molecule has 22 heavy (non-hydrogen) atoms. The second kappa shape index (κ2) is 7.24. The smallest absolute Gasteiger partial charge is 0.340 e. The molecule has 0 aliphatic heterocycles. The topological polar surface area (TPSA) is 65.5 Å². The minimum absolute atomic E-state index is 0.213. The van der Waals surface area contributed by atoms with Crippen molar-refractivity contribution in [3.8, 4) is 5.75 Å². The molecule has 2 rings (SSSR count). The number of carbonyl (C=O) groups is 2. The van der Waals surface area contributed by atoms with E-state index in [1.807, 2.05) is 0 Å². The molecule has 114 valence electrons. The number of halogens is 2. The van der Waals surface area contributed by atoms with Crippen molar-refractivity contribution < 1.29 is 19.1 Å². The first-order valence-corrected chi connectivity index (χ1v) is 6.92. The highest BCUT2D eigenvalue weighted by Crippen LogP contribution is 2.25. The molecule has 1 heterocycles. The molecule has 0 spiro atoms. The predicted molar refractivity (Wildman–Crippen MR) is 81.9 cm³/mol. The molecule has 0 aliphatic rings. The number of methoxy groups -OCH3 is 1. The number of nitrogens with zero attached hydrogens (tertiary/aromatic N) is 1. The summed E-state index contributed by atoms with van der Waals surface area (Å²) in [7, 11) is 1.48. The molecule has 1 aromatic heterocycles. The molecule has 0 unspecified atom stereocenters. The Morgan fingerprint density at radius 1 is 1.14 bits per heavy atom. The summed E-state index contributed by atoms with van der Waals surface area (Å²) in [4.78, 5) is 27.5. The maximum atomic E-state index is 12.0. The van der Waals surface area contributed by atoms with Crippen LogP contribution < -0.4 is 4.74 Å². The van der Waals surface area contributed by atoms with Crippen LogP contribution in [0, 0.1) is 0 Å². The Morgan fingerprint density at radius 3 is 2.45 bits per heavy atom. The third kappa shape index (κ3) is 3.96. The van der Waals surface area contributed by atoms with E-state index in [4.69, 9.17) is 32.7 Å². The van der Waals surface area contributed by atoms with Gasteiger partial charge in [-0.2, -0.15) is 0 Å². The Balaban J connectivity index is 1.99. The van der Waals surface area contributed by atoms with Gasteiger partial charge in [0.25, 0.3) is 0 Å². The first kappa shape index (κ1) is 16.3. The fraction of sp³-hybridized carbons (Fsp3) is 0.133. The zero-order chi connectivity index (χ0) is 16.1. The second-order valence-electron chi connectivity index (χ2n) is 4.22. The van der Waals surface area contributed by atoms with Gasteiger partial charge < -0.3 is 9.47 Å². The summed E-state index contributed by atoms with van der Waals surface area (Å²) >= 11 is 11.6. The van der Waals surface area contributed by atoms with Crippen molar-refractivity contribution in [2.24, 2.45) is 0 Å². The number of carbonyl (C=O) groups excluding carboxylic acids is 2. The van der Waals surface area contributed by atoms with E-state index in [1.165, 1.54) is 31.5 Å². The van der Waals surface area contributed by atoms with Gasteiger partial charge in [0.1, 0.15) is 10.9 Å². The highest BCUT2D eigenvalue weighted by atomic mass is 35.5. The monoisotopic (exact) mass is 339 g/mol. The van der Waals surface area contributed by atoms with Crippen LogP contribution in [0.1, 0.15) is 20.7 Å². The number of hydrogen-bond acceptors (Lipinski definition) is 5. The summed E-state index contributed by atoms with van der Waals surface area (Å²) in [6, 6.07) is 7.50. The number of pyridine rings is 1. The third-order valence-electron chi connectivity index (χ3n) is 2.77. The number of esters is 1. The van der Waals surface area contributed by atoms with Gasteiger partial charge in [-0.05, 0) is 30.3 Å². The summed E-state index contributed by atoms with van der Waals surface area (Å²) < 4.78 is 9.93. The van der Waals surface area contributed by atoms with Crippen LogP contribution in [0.25, 0.3) is 0 Å². The Kier molecular flexibility index (Phi) is 5.35. The number of aromatic nitrogens is 1. The highest BCUT2D eigenvalue weighted by molar-refractivity contribution is 6.32. The molecule has 0 aliphatic carbocycles. The maximum absolute atomic E-state index is 12.0. The standard InChI is InChI=1S/C15H11Cl2NO4/c1-21-13-4-2-9(6-11(13)16)12(19)8-22-15(20)10-3-5-14(17)18-7-10/h2-7H,8H2,1H3. The van der Waals surface area contributed by atoms with Gasteiger partial charge in [-0.3, -0.25) is 4.79 Å². The molecule has 0 N–H and O–H groups in total. The summed E-state index contributed by atoms with van der Waals surface area (Å²) in [5.74, 6) is -0.570. The molecule has 0 bridgehead atoms. The number of rotatable bonds is 5. The zero-order valence-corrected chi connectivity index (χ0v) is 13.0. The van der Waals surface area contributed by atoms with Crippen molar-refractivity contribution in [3.63, 3.8) is 0 Å². The molecule has 0 saturated carbocycles. The van der Waals surface area contributed by atoms with Gasteiger partial charge in [0.05, 0.1) is 17.7 Å². The quantitative estimate of drug-likeness (QED) is 0.474. The average molecular weight is 340 g/mol. The normalized spacial score (nSPS) is 10.1. The van der Waals surface area contributed by atoms with Gasteiger partial charge in [0.2, 0.25) is 0 Å². The third-order valence-corrected chi connectivity index (χ3v) is 3.29. The summed E-state index contributed by atoms with van der Waals surface area (Å²) in [5.41, 5.74) is 0.540. The lowest BCUT2D eigenvalue weighted by Crippen LogP contribution is -2.14. The van der Waals surface area contributed by atoms with Crippen molar-refractivity contribution >= 4 is 35.0 Å². The van der Waals surface area contributed by atoms with Crippen LogP contribution in [0.15, 0.2) is 36.5 Å². The molecular weight excluding hydrogens is 329 g/mol. The van der Waals surface area contributed by atoms with E-state index >= 15 is 0 Å². The molecule has 0 atom stereocenters. The van der Waals surface area contributed by atoms with Crippen LogP contribution in [-0.4, -0.2) is 30.5 Å². The van der Waals surface area contributed by atoms with Crippen LogP contribution in [0.3, 0.4) is 0 Å². The first-order valence-electron chi connectivity index (χ1n) is 6.16. The fourth-order valence-electron chi connectivity index (χ4n) is 1.63. The summed E-state index contributed by atoms with van der Waals surface area (Å²) in [6.45, 7) is -0.399. The van der Waals surface area contributed by atoms with Crippen LogP contribution in [0.5, 0.6) is 5.75 Å². The second-order valence-corrected chi connectivity index (χ2v) is 5.01. The molecular formula is C15H11Cl2NO4. The minimum Gasteiger partial charge on any atom is -0.495 e.